The highest BCUT2D eigenvalue weighted by Gasteiger charge is 2.32. The van der Waals surface area contributed by atoms with E-state index in [2.05, 4.69) is 4.72 Å². The standard InChI is InChI=1S/C14H18ClNO3S/c15-13-5-1-11(2-6-13)8-10-20(18,19)16-14(7-9-17)12-3-4-12/h1-2,5-6,8,10,12,14,16-17H,3-4,7,9H2/b10-8+. The minimum atomic E-state index is -3.49. The largest absolute Gasteiger partial charge is 0.396 e. The molecule has 1 atom stereocenters. The molecule has 0 aliphatic heterocycles. The summed E-state index contributed by atoms with van der Waals surface area (Å²) in [5.41, 5.74) is 0.768. The molecule has 2 rings (SSSR count). The lowest BCUT2D eigenvalue weighted by molar-refractivity contribution is 0.265. The number of aliphatic hydroxyl groups is 1. The molecule has 1 aliphatic rings. The van der Waals surface area contributed by atoms with Crippen LogP contribution in [0.25, 0.3) is 6.08 Å². The van der Waals surface area contributed by atoms with Gasteiger partial charge in [-0.05, 0) is 49.0 Å². The molecule has 1 fully saturated rings. The molecule has 4 nitrogen and oxygen atoms in total. The Morgan fingerprint density at radius 2 is 2.00 bits per heavy atom. The van der Waals surface area contributed by atoms with Gasteiger partial charge in [-0.3, -0.25) is 0 Å². The highest BCUT2D eigenvalue weighted by atomic mass is 35.5. The zero-order valence-corrected chi connectivity index (χ0v) is 12.6. The second-order valence-electron chi connectivity index (χ2n) is 4.97. The Labute approximate surface area is 124 Å². The van der Waals surface area contributed by atoms with Crippen molar-refractivity contribution in [1.29, 1.82) is 0 Å². The van der Waals surface area contributed by atoms with E-state index < -0.39 is 10.0 Å². The average molecular weight is 316 g/mol. The highest BCUT2D eigenvalue weighted by molar-refractivity contribution is 7.92. The van der Waals surface area contributed by atoms with Crippen molar-refractivity contribution in [2.75, 3.05) is 6.61 Å². The summed E-state index contributed by atoms with van der Waals surface area (Å²) in [6.07, 6.45) is 4.03. The van der Waals surface area contributed by atoms with E-state index in [1.54, 1.807) is 24.3 Å². The molecule has 110 valence electrons. The third-order valence-corrected chi connectivity index (χ3v) is 4.63. The topological polar surface area (TPSA) is 66.4 Å². The van der Waals surface area contributed by atoms with Crippen LogP contribution in [-0.4, -0.2) is 26.2 Å². The molecule has 0 saturated heterocycles. The van der Waals surface area contributed by atoms with Gasteiger partial charge in [-0.1, -0.05) is 23.7 Å². The summed E-state index contributed by atoms with van der Waals surface area (Å²) in [4.78, 5) is 0. The summed E-state index contributed by atoms with van der Waals surface area (Å²) >= 11 is 5.77. The molecule has 0 spiro atoms. The molecule has 1 aromatic carbocycles. The highest BCUT2D eigenvalue weighted by Crippen LogP contribution is 2.34. The van der Waals surface area contributed by atoms with E-state index in [0.717, 1.165) is 23.8 Å². The van der Waals surface area contributed by atoms with Gasteiger partial charge < -0.3 is 5.11 Å². The van der Waals surface area contributed by atoms with Gasteiger partial charge in [-0.25, -0.2) is 13.1 Å². The molecule has 2 N–H and O–H groups in total. The number of aliphatic hydroxyl groups excluding tert-OH is 1. The molecule has 1 aromatic rings. The van der Waals surface area contributed by atoms with Gasteiger partial charge >= 0.3 is 0 Å². The molecule has 1 aliphatic carbocycles. The van der Waals surface area contributed by atoms with Crippen LogP contribution in [-0.2, 0) is 10.0 Å². The molecular formula is C14H18ClNO3S. The fraction of sp³-hybridized carbons (Fsp3) is 0.429. The fourth-order valence-electron chi connectivity index (χ4n) is 2.02. The van der Waals surface area contributed by atoms with Crippen LogP contribution in [0.3, 0.4) is 0 Å². The van der Waals surface area contributed by atoms with Gasteiger partial charge in [-0.2, -0.15) is 0 Å². The summed E-state index contributed by atoms with van der Waals surface area (Å²) in [6.45, 7) is -0.00934. The van der Waals surface area contributed by atoms with Gasteiger partial charge in [0.15, 0.2) is 0 Å². The minimum Gasteiger partial charge on any atom is -0.396 e. The number of halogens is 1. The van der Waals surface area contributed by atoms with Crippen molar-refractivity contribution in [3.63, 3.8) is 0 Å². The van der Waals surface area contributed by atoms with Crippen molar-refractivity contribution in [3.05, 3.63) is 40.3 Å². The van der Waals surface area contributed by atoms with Gasteiger partial charge in [-0.15, -0.1) is 0 Å². The first-order valence-corrected chi connectivity index (χ1v) is 8.49. The SMILES string of the molecule is O=S(=O)(/C=C/c1ccc(Cl)cc1)NC(CCO)C1CC1. The Morgan fingerprint density at radius 3 is 2.55 bits per heavy atom. The molecule has 0 amide bonds. The zero-order chi connectivity index (χ0) is 14.6. The molecular weight excluding hydrogens is 298 g/mol. The van der Waals surface area contributed by atoms with Crippen molar-refractivity contribution in [2.24, 2.45) is 5.92 Å². The third-order valence-electron chi connectivity index (χ3n) is 3.26. The van der Waals surface area contributed by atoms with Gasteiger partial charge in [0, 0.05) is 23.1 Å². The normalized spacial score (nSPS) is 17.5. The number of rotatable bonds is 7. The second-order valence-corrected chi connectivity index (χ2v) is 7.01. The number of sulfonamides is 1. The first kappa shape index (κ1) is 15.5. The van der Waals surface area contributed by atoms with Gasteiger partial charge in [0.05, 0.1) is 0 Å². The van der Waals surface area contributed by atoms with Crippen LogP contribution in [0.15, 0.2) is 29.7 Å². The van der Waals surface area contributed by atoms with E-state index in [4.69, 9.17) is 16.7 Å². The van der Waals surface area contributed by atoms with Crippen molar-refractivity contribution < 1.29 is 13.5 Å². The van der Waals surface area contributed by atoms with Crippen molar-refractivity contribution in [1.82, 2.24) is 4.72 Å². The maximum Gasteiger partial charge on any atom is 0.233 e. The molecule has 20 heavy (non-hydrogen) atoms. The van der Waals surface area contributed by atoms with Crippen molar-refractivity contribution in [3.8, 4) is 0 Å². The minimum absolute atomic E-state index is 0.00934. The van der Waals surface area contributed by atoms with E-state index in [1.807, 2.05) is 0 Å². The Bertz CT molecular complexity index is 565. The summed E-state index contributed by atoms with van der Waals surface area (Å²) in [5.74, 6) is 0.362. The van der Waals surface area contributed by atoms with E-state index in [-0.39, 0.29) is 12.6 Å². The predicted molar refractivity (Wildman–Crippen MR) is 80.8 cm³/mol. The fourth-order valence-corrected chi connectivity index (χ4v) is 3.29. The van der Waals surface area contributed by atoms with Crippen molar-refractivity contribution >= 4 is 27.7 Å². The predicted octanol–water partition coefficient (Wildman–Crippen LogP) is 2.39. The van der Waals surface area contributed by atoms with Crippen LogP contribution in [0.4, 0.5) is 0 Å². The van der Waals surface area contributed by atoms with Crippen LogP contribution in [0, 0.1) is 5.92 Å². The second kappa shape index (κ2) is 6.72. The first-order chi connectivity index (χ1) is 9.50. The Hall–Kier alpha value is -0.880. The van der Waals surface area contributed by atoms with Gasteiger partial charge in [0.25, 0.3) is 0 Å². The lowest BCUT2D eigenvalue weighted by Crippen LogP contribution is -2.35. The third kappa shape index (κ3) is 4.90. The van der Waals surface area contributed by atoms with E-state index in [1.165, 1.54) is 6.08 Å². The number of hydrogen-bond donors (Lipinski definition) is 2. The summed E-state index contributed by atoms with van der Waals surface area (Å²) in [5, 5.41) is 10.7. The Balaban J connectivity index is 2.00. The van der Waals surface area contributed by atoms with Gasteiger partial charge in [0.1, 0.15) is 0 Å². The molecule has 0 radical (unpaired) electrons. The summed E-state index contributed by atoms with van der Waals surface area (Å²) in [7, 11) is -3.49. The first-order valence-electron chi connectivity index (χ1n) is 6.57. The van der Waals surface area contributed by atoms with E-state index in [9.17, 15) is 8.42 Å². The Kier molecular flexibility index (Phi) is 5.21. The van der Waals surface area contributed by atoms with Crippen LogP contribution in [0.5, 0.6) is 0 Å². The molecule has 6 heteroatoms. The maximum absolute atomic E-state index is 12.0. The smallest absolute Gasteiger partial charge is 0.233 e. The quantitative estimate of drug-likeness (QED) is 0.812. The van der Waals surface area contributed by atoms with Crippen LogP contribution < -0.4 is 4.72 Å². The summed E-state index contributed by atoms with van der Waals surface area (Å²) in [6, 6.07) is 6.75. The Morgan fingerprint density at radius 1 is 1.35 bits per heavy atom. The molecule has 0 heterocycles. The van der Waals surface area contributed by atoms with Crippen LogP contribution >= 0.6 is 11.6 Å². The monoisotopic (exact) mass is 315 g/mol. The van der Waals surface area contributed by atoms with Crippen molar-refractivity contribution in [2.45, 2.75) is 25.3 Å². The van der Waals surface area contributed by atoms with E-state index in [0.29, 0.717) is 17.4 Å². The zero-order valence-electron chi connectivity index (χ0n) is 11.0. The number of hydrogen-bond acceptors (Lipinski definition) is 3. The summed E-state index contributed by atoms with van der Waals surface area (Å²) < 4.78 is 26.6. The van der Waals surface area contributed by atoms with Crippen LogP contribution in [0.1, 0.15) is 24.8 Å². The van der Waals surface area contributed by atoms with E-state index >= 15 is 0 Å². The molecule has 0 aromatic heterocycles. The van der Waals surface area contributed by atoms with Gasteiger partial charge in [0.2, 0.25) is 10.0 Å². The molecule has 0 bridgehead atoms. The molecule has 1 saturated carbocycles. The average Bonchev–Trinajstić information content (AvgIpc) is 3.22. The number of benzene rings is 1. The lowest BCUT2D eigenvalue weighted by atomic mass is 10.1. The molecule has 1 unspecified atom stereocenters. The van der Waals surface area contributed by atoms with Crippen LogP contribution in [0.2, 0.25) is 5.02 Å². The lowest BCUT2D eigenvalue weighted by Gasteiger charge is -2.15. The number of nitrogens with one attached hydrogen (secondary N) is 1. The maximum atomic E-state index is 12.0.